The van der Waals surface area contributed by atoms with Gasteiger partial charge in [0.05, 0.1) is 89.5 Å². The van der Waals surface area contributed by atoms with Crippen LogP contribution in [-0.4, -0.2) is 88.2 Å². The number of nitriles is 1. The number of nitrogens with one attached hydrogen (secondary N) is 1. The minimum Gasteiger partial charge on any atom is -0.484 e. The number of carbonyl (C=O) groups excluding carboxylic acids is 1. The van der Waals surface area contributed by atoms with Crippen molar-refractivity contribution in [2.75, 3.05) is 38.4 Å². The average Bonchev–Trinajstić information content (AvgIpc) is 4.10. The molecular weight excluding hydrogens is 923 g/mol. The Balaban J connectivity index is 0.877. The zero-order valence-corrected chi connectivity index (χ0v) is 40.1. The highest BCUT2D eigenvalue weighted by atomic mass is 16.5. The van der Waals surface area contributed by atoms with Gasteiger partial charge in [0.15, 0.2) is 6.61 Å². The third-order valence-corrected chi connectivity index (χ3v) is 11.4. The number of benzene rings is 3. The molecule has 362 valence electrons. The van der Waals surface area contributed by atoms with Gasteiger partial charge in [0, 0.05) is 30.9 Å². The summed E-state index contributed by atoms with van der Waals surface area (Å²) in [6.07, 6.45) is 3.64. The molecule has 9 aromatic rings. The number of nitrogen functional groups attached to an aromatic ring is 1. The van der Waals surface area contributed by atoms with E-state index in [1.807, 2.05) is 104 Å². The minimum absolute atomic E-state index is 0.0757. The van der Waals surface area contributed by atoms with Gasteiger partial charge in [-0.05, 0) is 85.8 Å². The van der Waals surface area contributed by atoms with E-state index < -0.39 is 0 Å². The van der Waals surface area contributed by atoms with Gasteiger partial charge >= 0.3 is 6.07 Å². The van der Waals surface area contributed by atoms with Gasteiger partial charge in [-0.3, -0.25) is 14.8 Å². The number of hydrogen-bond acceptors (Lipinski definition) is 15. The molecule has 0 aliphatic heterocycles. The molecular formula is C54H48N15O4+. The van der Waals surface area contributed by atoms with Gasteiger partial charge in [0.2, 0.25) is 5.95 Å². The summed E-state index contributed by atoms with van der Waals surface area (Å²) in [4.78, 5) is 41.0. The van der Waals surface area contributed by atoms with E-state index in [2.05, 4.69) is 52.9 Å². The maximum atomic E-state index is 13.2. The minimum atomic E-state index is -0.379. The van der Waals surface area contributed by atoms with Crippen LogP contribution in [0.15, 0.2) is 146 Å². The summed E-state index contributed by atoms with van der Waals surface area (Å²) in [5.41, 5.74) is 15.3. The second-order valence-corrected chi connectivity index (χ2v) is 16.6. The molecule has 9 rings (SSSR count). The number of methoxy groups -OCH3 is 2. The third-order valence-electron chi connectivity index (χ3n) is 11.4. The number of para-hydroxylation sites is 1. The molecule has 0 aliphatic rings. The Morgan fingerprint density at radius 1 is 0.671 bits per heavy atom. The number of aromatic nitrogens is 11. The highest BCUT2D eigenvalue weighted by Crippen LogP contribution is 2.29. The largest absolute Gasteiger partial charge is 0.484 e. The maximum Gasteiger partial charge on any atom is 0.311 e. The van der Waals surface area contributed by atoms with Crippen molar-refractivity contribution in [1.29, 1.82) is 5.26 Å². The Morgan fingerprint density at radius 2 is 1.32 bits per heavy atom. The molecule has 0 aliphatic carbocycles. The Bertz CT molecular complexity index is 3490. The van der Waals surface area contributed by atoms with Gasteiger partial charge in [-0.25, -0.2) is 24.3 Å². The van der Waals surface area contributed by atoms with Crippen molar-refractivity contribution >= 4 is 17.7 Å². The first-order chi connectivity index (χ1) is 35.7. The molecule has 19 heteroatoms. The number of carbonyl (C=O) groups is 1. The van der Waals surface area contributed by atoms with E-state index in [1.54, 1.807) is 72.2 Å². The monoisotopic (exact) mass is 970 g/mol. The molecule has 2 atom stereocenters. The van der Waals surface area contributed by atoms with E-state index in [0.717, 1.165) is 39.5 Å². The van der Waals surface area contributed by atoms with Crippen LogP contribution in [0.4, 0.5) is 11.8 Å². The fourth-order valence-corrected chi connectivity index (χ4v) is 7.72. The Morgan fingerprint density at radius 3 is 2.04 bits per heavy atom. The molecule has 19 nitrogen and oxygen atoms in total. The number of hydrogen-bond donors (Lipinski definition) is 2. The van der Waals surface area contributed by atoms with Gasteiger partial charge in [-0.2, -0.15) is 5.26 Å². The van der Waals surface area contributed by atoms with Crippen LogP contribution >= 0.6 is 0 Å². The smallest absolute Gasteiger partial charge is 0.311 e. The van der Waals surface area contributed by atoms with Gasteiger partial charge in [-0.15, -0.1) is 10.2 Å². The van der Waals surface area contributed by atoms with Gasteiger partial charge in [0.1, 0.15) is 34.6 Å². The number of nitrogens with two attached hydrogens (primary N) is 1. The topological polar surface area (TPSA) is 237 Å². The van der Waals surface area contributed by atoms with Crippen molar-refractivity contribution in [3.8, 4) is 63.0 Å². The van der Waals surface area contributed by atoms with Crippen molar-refractivity contribution in [3.63, 3.8) is 0 Å². The second kappa shape index (κ2) is 22.9. The molecule has 0 bridgehead atoms. The van der Waals surface area contributed by atoms with Crippen LogP contribution < -0.4 is 15.8 Å². The lowest BCUT2D eigenvalue weighted by atomic mass is 10.1. The lowest BCUT2D eigenvalue weighted by Gasteiger charge is -2.12. The van der Waals surface area contributed by atoms with Gasteiger partial charge in [-0.1, -0.05) is 69.9 Å². The number of nitrogens with zero attached hydrogens (tertiary/aromatic N) is 13. The average molecular weight is 971 g/mol. The lowest BCUT2D eigenvalue weighted by Crippen LogP contribution is -2.21. The van der Waals surface area contributed by atoms with E-state index in [4.69, 9.17) is 34.9 Å². The summed E-state index contributed by atoms with van der Waals surface area (Å²) in [6.45, 7) is 2.87. The van der Waals surface area contributed by atoms with E-state index in [0.29, 0.717) is 77.2 Å². The van der Waals surface area contributed by atoms with E-state index in [9.17, 15) is 10.1 Å². The van der Waals surface area contributed by atoms with Crippen molar-refractivity contribution in [2.45, 2.75) is 38.6 Å². The summed E-state index contributed by atoms with van der Waals surface area (Å²) in [5.74, 6) is 0.584. The molecule has 1 amide bonds. The standard InChI is InChI=1S/C54H47N15O4/c1-35(71-2)44-19-9-15-41(58-44)30-68-32-49(64-66-68)40-25-46(60-52(26-40)63-53(70)34-73-43-17-5-4-6-18-43)39-14-8-12-37(24-39)29-57-22-21-51(72-3)45-20-10-16-42(59-45)31-69-33-50(65-67-69)48-27-47(61-54(56)62-48)38-13-7-11-36(23-38)28-55/h4-20,23-27,32-33,35,51H,21-22,30-31,34H2,1-3H3,(H2-,56,60,61,62,63,70)/p+1. The predicted molar refractivity (Wildman–Crippen MR) is 273 cm³/mol. The molecule has 3 aromatic carbocycles. The SMILES string of the molecule is COC(C)c1cccc(Cn2cc(-c3cc(NC(=O)COc4ccccc4)nc(-c4cccc(C#[N+]CCC(OC)c5cccc(Cn6cc(-c7cc(-c8cccc(C#N)c8)nc(N)n7)nn6)n5)c4)c3)nn2)n1. The first-order valence-electron chi connectivity index (χ1n) is 23.1. The summed E-state index contributed by atoms with van der Waals surface area (Å²) >= 11 is 0. The molecule has 3 N–H and O–H groups in total. The predicted octanol–water partition coefficient (Wildman–Crippen LogP) is 8.25. The third kappa shape index (κ3) is 12.6. The first kappa shape index (κ1) is 48.5. The number of rotatable bonds is 18. The summed E-state index contributed by atoms with van der Waals surface area (Å²) in [5, 5.41) is 29.8. The zero-order chi connectivity index (χ0) is 50.5. The maximum absolute atomic E-state index is 13.2. The molecule has 6 heterocycles. The molecule has 0 fully saturated rings. The van der Waals surface area contributed by atoms with E-state index in [1.165, 1.54) is 0 Å². The number of pyridine rings is 3. The first-order valence-corrected chi connectivity index (χ1v) is 23.1. The fourth-order valence-electron chi connectivity index (χ4n) is 7.72. The molecule has 6 aromatic heterocycles. The van der Waals surface area contributed by atoms with Gasteiger partial charge in [0.25, 0.3) is 12.5 Å². The van der Waals surface area contributed by atoms with Crippen molar-refractivity contribution < 1.29 is 19.0 Å². The number of amides is 1. The van der Waals surface area contributed by atoms with E-state index >= 15 is 0 Å². The van der Waals surface area contributed by atoms with Crippen LogP contribution in [0.1, 0.15) is 59.5 Å². The van der Waals surface area contributed by atoms with Crippen LogP contribution in [0, 0.1) is 17.4 Å². The highest BCUT2D eigenvalue weighted by Gasteiger charge is 2.18. The lowest BCUT2D eigenvalue weighted by molar-refractivity contribution is -0.118. The Kier molecular flexibility index (Phi) is 15.2. The Hall–Kier alpha value is -9.56. The van der Waals surface area contributed by atoms with Crippen LogP contribution in [0.5, 0.6) is 5.75 Å². The number of anilines is 2. The molecule has 0 saturated heterocycles. The summed E-state index contributed by atoms with van der Waals surface area (Å²) in [6, 6.07) is 46.2. The summed E-state index contributed by atoms with van der Waals surface area (Å²) < 4.78 is 20.4. The van der Waals surface area contributed by atoms with Crippen LogP contribution in [0.25, 0.3) is 50.0 Å². The summed E-state index contributed by atoms with van der Waals surface area (Å²) in [7, 11) is 3.30. The van der Waals surface area contributed by atoms with Crippen LogP contribution in [0.3, 0.4) is 0 Å². The van der Waals surface area contributed by atoms with Crippen LogP contribution in [-0.2, 0) is 27.4 Å². The second-order valence-electron chi connectivity index (χ2n) is 16.6. The molecule has 73 heavy (non-hydrogen) atoms. The van der Waals surface area contributed by atoms with Crippen molar-refractivity contribution in [1.82, 2.24) is 54.9 Å². The normalized spacial score (nSPS) is 11.8. The van der Waals surface area contributed by atoms with Crippen molar-refractivity contribution in [2.24, 2.45) is 0 Å². The quantitative estimate of drug-likeness (QED) is 0.0823. The molecule has 0 radical (unpaired) electrons. The fraction of sp³-hybridized carbons (Fsp3) is 0.185. The van der Waals surface area contributed by atoms with E-state index in [-0.39, 0.29) is 30.7 Å². The number of ether oxygens (including phenoxy) is 3. The van der Waals surface area contributed by atoms with Crippen molar-refractivity contribution in [3.05, 3.63) is 185 Å². The highest BCUT2D eigenvalue weighted by molar-refractivity contribution is 5.92. The molecule has 0 spiro atoms. The molecule has 2 unspecified atom stereocenters. The van der Waals surface area contributed by atoms with Crippen LogP contribution in [0.2, 0.25) is 0 Å². The molecule has 0 saturated carbocycles. The Labute approximate surface area is 420 Å². The van der Waals surface area contributed by atoms with Gasteiger partial charge < -0.3 is 25.3 Å². The zero-order valence-electron chi connectivity index (χ0n) is 40.1.